The molecule has 41 heavy (non-hydrogen) atoms. The quantitative estimate of drug-likeness (QED) is 0.202. The van der Waals surface area contributed by atoms with Crippen molar-refractivity contribution in [3.63, 3.8) is 0 Å². The van der Waals surface area contributed by atoms with Gasteiger partial charge in [0, 0.05) is 25.4 Å². The number of methoxy groups -OCH3 is 1. The molecule has 14 heteroatoms. The normalized spacial score (nSPS) is 19.8. The van der Waals surface area contributed by atoms with Gasteiger partial charge in [0.05, 0.1) is 6.42 Å². The van der Waals surface area contributed by atoms with Crippen molar-refractivity contribution in [2.75, 3.05) is 19.5 Å². The first-order chi connectivity index (χ1) is 19.8. The second-order valence-corrected chi connectivity index (χ2v) is 10.2. The molecule has 1 aromatic heterocycles. The molecule has 2 atom stereocenters. The van der Waals surface area contributed by atoms with Crippen LogP contribution in [0.5, 0.6) is 0 Å². The van der Waals surface area contributed by atoms with Crippen LogP contribution in [0.25, 0.3) is 0 Å². The van der Waals surface area contributed by atoms with Gasteiger partial charge in [-0.15, -0.1) is 22.0 Å². The maximum atomic E-state index is 13.9. The molecule has 1 fully saturated rings. The molecule has 2 aliphatic rings. The summed E-state index contributed by atoms with van der Waals surface area (Å²) in [4.78, 5) is 53.2. The van der Waals surface area contributed by atoms with Crippen LogP contribution in [-0.2, 0) is 39.8 Å². The van der Waals surface area contributed by atoms with Gasteiger partial charge in [-0.3, -0.25) is 19.3 Å². The van der Waals surface area contributed by atoms with Crippen molar-refractivity contribution in [2.45, 2.75) is 30.5 Å². The van der Waals surface area contributed by atoms with Gasteiger partial charge < -0.3 is 19.5 Å². The van der Waals surface area contributed by atoms with Crippen molar-refractivity contribution in [1.82, 2.24) is 30.8 Å². The highest BCUT2D eigenvalue weighted by Crippen LogP contribution is 2.47. The van der Waals surface area contributed by atoms with Gasteiger partial charge in [-0.25, -0.2) is 4.79 Å². The summed E-state index contributed by atoms with van der Waals surface area (Å²) in [5.74, 6) is -2.24. The number of amides is 2. The first-order valence-corrected chi connectivity index (χ1v) is 13.6. The molecule has 212 valence electrons. The van der Waals surface area contributed by atoms with E-state index in [4.69, 9.17) is 14.2 Å². The summed E-state index contributed by atoms with van der Waals surface area (Å²) in [5.41, 5.74) is 0.0403. The highest BCUT2D eigenvalue weighted by atomic mass is 32.2. The van der Waals surface area contributed by atoms with Crippen LogP contribution in [0.1, 0.15) is 30.0 Å². The third-order valence-electron chi connectivity index (χ3n) is 6.54. The summed E-state index contributed by atoms with van der Waals surface area (Å²) in [5, 5.41) is 15.0. The van der Waals surface area contributed by atoms with E-state index in [1.807, 2.05) is 60.7 Å². The van der Waals surface area contributed by atoms with Crippen molar-refractivity contribution >= 4 is 35.5 Å². The van der Waals surface area contributed by atoms with E-state index in [9.17, 15) is 19.2 Å². The van der Waals surface area contributed by atoms with Gasteiger partial charge >= 0.3 is 11.9 Å². The molecule has 0 saturated carbocycles. The SMILES string of the molecule is CO[C@@]1(NC(=O)Cc2nn[nH]n2)C(=O)N2C(C(=O)OC(c3ccccc3)c3ccccc3)=C(COC(C)=O)CS[C@@H]21. The number of esters is 2. The minimum absolute atomic E-state index is 0.0584. The Kier molecular flexibility index (Phi) is 8.12. The lowest BCUT2D eigenvalue weighted by Crippen LogP contribution is -2.80. The fourth-order valence-electron chi connectivity index (χ4n) is 4.63. The van der Waals surface area contributed by atoms with Crippen molar-refractivity contribution in [2.24, 2.45) is 0 Å². The number of hydrogen-bond acceptors (Lipinski definition) is 11. The molecule has 0 aliphatic carbocycles. The number of aromatic nitrogens is 4. The van der Waals surface area contributed by atoms with Crippen LogP contribution >= 0.6 is 11.8 Å². The zero-order chi connectivity index (χ0) is 29.0. The Morgan fingerprint density at radius 1 is 1.12 bits per heavy atom. The van der Waals surface area contributed by atoms with Gasteiger partial charge in [0.25, 0.3) is 11.6 Å². The Morgan fingerprint density at radius 2 is 1.78 bits per heavy atom. The maximum Gasteiger partial charge on any atom is 0.356 e. The summed E-state index contributed by atoms with van der Waals surface area (Å²) in [6.45, 7) is 1.04. The first-order valence-electron chi connectivity index (χ1n) is 12.5. The highest BCUT2D eigenvalue weighted by molar-refractivity contribution is 8.00. The number of rotatable bonds is 10. The van der Waals surface area contributed by atoms with Gasteiger partial charge in [0.15, 0.2) is 11.9 Å². The molecule has 2 N–H and O–H groups in total. The molecule has 0 radical (unpaired) electrons. The largest absolute Gasteiger partial charge is 0.461 e. The van der Waals surface area contributed by atoms with E-state index in [1.165, 1.54) is 30.7 Å². The number of carbonyl (C=O) groups is 4. The van der Waals surface area contributed by atoms with Crippen LogP contribution in [-0.4, -0.2) is 79.8 Å². The van der Waals surface area contributed by atoms with E-state index in [2.05, 4.69) is 25.9 Å². The van der Waals surface area contributed by atoms with E-state index in [0.29, 0.717) is 5.57 Å². The van der Waals surface area contributed by atoms with Gasteiger partial charge in [0.1, 0.15) is 17.7 Å². The second kappa shape index (κ2) is 11.9. The van der Waals surface area contributed by atoms with Crippen LogP contribution in [0, 0.1) is 0 Å². The lowest BCUT2D eigenvalue weighted by molar-refractivity contribution is -0.193. The third-order valence-corrected chi connectivity index (χ3v) is 7.91. The van der Waals surface area contributed by atoms with Gasteiger partial charge in [-0.2, -0.15) is 5.21 Å². The minimum Gasteiger partial charge on any atom is -0.461 e. The first kappa shape index (κ1) is 28.0. The van der Waals surface area contributed by atoms with Crippen LogP contribution in [0.2, 0.25) is 0 Å². The van der Waals surface area contributed by atoms with Crippen LogP contribution in [0.4, 0.5) is 0 Å². The molecule has 3 aromatic rings. The van der Waals surface area contributed by atoms with Crippen molar-refractivity contribution in [1.29, 1.82) is 0 Å². The smallest absolute Gasteiger partial charge is 0.356 e. The molecule has 2 aliphatic heterocycles. The molecule has 13 nitrogen and oxygen atoms in total. The number of aromatic amines is 1. The molecule has 0 bridgehead atoms. The molecule has 2 aromatic carbocycles. The molecular formula is C27H26N6O7S. The summed E-state index contributed by atoms with van der Waals surface area (Å²) in [6, 6.07) is 18.4. The average molecular weight is 579 g/mol. The minimum atomic E-state index is -1.75. The zero-order valence-electron chi connectivity index (χ0n) is 22.1. The molecule has 0 spiro atoms. The fourth-order valence-corrected chi connectivity index (χ4v) is 6.05. The summed E-state index contributed by atoms with van der Waals surface area (Å²) in [7, 11) is 1.29. The van der Waals surface area contributed by atoms with E-state index < -0.39 is 41.0 Å². The fraction of sp³-hybridized carbons (Fsp3) is 0.296. The Balaban J connectivity index is 1.45. The Labute approximate surface area is 238 Å². The molecule has 1 saturated heterocycles. The summed E-state index contributed by atoms with van der Waals surface area (Å²) in [6.07, 6.45) is -1.02. The number of carbonyl (C=O) groups excluding carboxylic acids is 4. The van der Waals surface area contributed by atoms with Gasteiger partial charge in [0.2, 0.25) is 5.91 Å². The average Bonchev–Trinajstić information content (AvgIpc) is 3.50. The molecule has 3 heterocycles. The van der Waals surface area contributed by atoms with E-state index >= 15 is 0 Å². The van der Waals surface area contributed by atoms with Crippen molar-refractivity contribution < 1.29 is 33.4 Å². The van der Waals surface area contributed by atoms with Gasteiger partial charge in [-0.1, -0.05) is 65.9 Å². The molecule has 5 rings (SSSR count). The number of benzene rings is 2. The van der Waals surface area contributed by atoms with Gasteiger partial charge in [-0.05, 0) is 11.1 Å². The Morgan fingerprint density at radius 3 is 2.34 bits per heavy atom. The molecule has 0 unspecified atom stereocenters. The van der Waals surface area contributed by atoms with E-state index in [1.54, 1.807) is 0 Å². The summed E-state index contributed by atoms with van der Waals surface area (Å²) < 4.78 is 16.8. The Bertz CT molecular complexity index is 1430. The zero-order valence-corrected chi connectivity index (χ0v) is 22.9. The van der Waals surface area contributed by atoms with Crippen molar-refractivity contribution in [3.05, 3.63) is 88.9 Å². The van der Waals surface area contributed by atoms with Crippen LogP contribution in [0.15, 0.2) is 71.9 Å². The Hall–Kier alpha value is -4.56. The predicted octanol–water partition coefficient (Wildman–Crippen LogP) is 1.27. The van der Waals surface area contributed by atoms with E-state index in [-0.39, 0.29) is 30.3 Å². The van der Waals surface area contributed by atoms with Crippen molar-refractivity contribution in [3.8, 4) is 0 Å². The highest BCUT2D eigenvalue weighted by Gasteiger charge is 2.66. The predicted molar refractivity (Wildman–Crippen MR) is 143 cm³/mol. The number of H-pyrrole nitrogens is 1. The lowest BCUT2D eigenvalue weighted by atomic mass is 9.97. The number of fused-ring (bicyclic) bond motifs is 1. The molecule has 2 amide bonds. The number of ether oxygens (including phenoxy) is 3. The van der Waals surface area contributed by atoms with Crippen LogP contribution in [0.3, 0.4) is 0 Å². The number of nitrogens with zero attached hydrogens (tertiary/aromatic N) is 4. The standard InChI is InChI=1S/C27H26N6O7S/c1-16(34)39-14-19-15-41-26-27(38-2,28-21(35)13-20-29-31-32-30-20)25(37)33(26)22(19)24(36)40-23(17-9-5-3-6-10-17)18-11-7-4-8-12-18/h3-12,23,26H,13-15H2,1-2H3,(H,28,35)(H,29,30,31,32)/t26-,27+/m1/s1. The summed E-state index contributed by atoms with van der Waals surface area (Å²) >= 11 is 1.25. The number of hydrogen-bond donors (Lipinski definition) is 2. The topological polar surface area (TPSA) is 166 Å². The number of β-lactam (4-membered cyclic amide) rings is 1. The van der Waals surface area contributed by atoms with E-state index in [0.717, 1.165) is 11.1 Å². The molecular weight excluding hydrogens is 552 g/mol. The number of nitrogens with one attached hydrogen (secondary N) is 2. The number of tetrazole rings is 1. The monoisotopic (exact) mass is 578 g/mol. The lowest BCUT2D eigenvalue weighted by Gasteiger charge is -2.56. The maximum absolute atomic E-state index is 13.9. The number of thioether (sulfide) groups is 1. The third kappa shape index (κ3) is 5.56. The second-order valence-electron chi connectivity index (χ2n) is 9.17. The van der Waals surface area contributed by atoms with Crippen LogP contribution < -0.4 is 5.32 Å².